The number of carbonyl (C=O) groups is 1. The molecule has 0 aromatic heterocycles. The van der Waals surface area contributed by atoms with Gasteiger partial charge in [-0.25, -0.2) is 4.39 Å². The van der Waals surface area contributed by atoms with E-state index in [1.54, 1.807) is 0 Å². The van der Waals surface area contributed by atoms with Gasteiger partial charge in [0.15, 0.2) is 11.6 Å². The maximum atomic E-state index is 13.3. The van der Waals surface area contributed by atoms with Crippen molar-refractivity contribution in [1.29, 1.82) is 0 Å². The van der Waals surface area contributed by atoms with Crippen LogP contribution in [0.15, 0.2) is 18.2 Å². The Morgan fingerprint density at radius 1 is 1.65 bits per heavy atom. The molecular weight excluding hydrogens is 233 g/mol. The number of halogens is 1. The van der Waals surface area contributed by atoms with Crippen molar-refractivity contribution in [2.45, 2.75) is 19.4 Å². The van der Waals surface area contributed by atoms with Gasteiger partial charge in [0.2, 0.25) is 0 Å². The third kappa shape index (κ3) is 3.71. The third-order valence-electron chi connectivity index (χ3n) is 1.92. The van der Waals surface area contributed by atoms with Crippen LogP contribution in [-0.4, -0.2) is 22.1 Å². The summed E-state index contributed by atoms with van der Waals surface area (Å²) in [6, 6.07) is 2.92. The number of rotatable bonds is 5. The number of nitro benzene ring substituents is 1. The molecule has 0 bridgehead atoms. The van der Waals surface area contributed by atoms with Gasteiger partial charge in [-0.2, -0.15) is 0 Å². The molecule has 1 N–H and O–H groups in total. The molecule has 92 valence electrons. The van der Waals surface area contributed by atoms with Crippen LogP contribution in [0.2, 0.25) is 0 Å². The van der Waals surface area contributed by atoms with Crippen LogP contribution in [0.25, 0.3) is 0 Å². The van der Waals surface area contributed by atoms with Crippen LogP contribution in [0, 0.1) is 15.9 Å². The van der Waals surface area contributed by atoms with E-state index in [1.165, 1.54) is 6.92 Å². The Balaban J connectivity index is 2.79. The van der Waals surface area contributed by atoms with E-state index in [4.69, 9.17) is 9.84 Å². The van der Waals surface area contributed by atoms with Gasteiger partial charge in [0.05, 0.1) is 17.4 Å². The summed E-state index contributed by atoms with van der Waals surface area (Å²) in [5.74, 6) is -2.17. The summed E-state index contributed by atoms with van der Waals surface area (Å²) in [6.45, 7) is 1.47. The fourth-order valence-electron chi connectivity index (χ4n) is 1.20. The van der Waals surface area contributed by atoms with Crippen molar-refractivity contribution < 1.29 is 24.0 Å². The second-order valence-corrected chi connectivity index (χ2v) is 3.40. The molecule has 6 nitrogen and oxygen atoms in total. The number of ether oxygens (including phenoxy) is 1. The van der Waals surface area contributed by atoms with E-state index >= 15 is 0 Å². The first-order chi connectivity index (χ1) is 7.90. The number of nitrogens with zero attached hydrogens (tertiary/aromatic N) is 1. The first-order valence-corrected chi connectivity index (χ1v) is 4.72. The van der Waals surface area contributed by atoms with E-state index in [1.807, 2.05) is 0 Å². The highest BCUT2D eigenvalue weighted by atomic mass is 19.1. The van der Waals surface area contributed by atoms with Crippen LogP contribution >= 0.6 is 0 Å². The average Bonchev–Trinajstić information content (AvgIpc) is 2.19. The van der Waals surface area contributed by atoms with Crippen molar-refractivity contribution in [2.24, 2.45) is 0 Å². The number of hydrogen-bond acceptors (Lipinski definition) is 4. The second kappa shape index (κ2) is 5.24. The molecule has 17 heavy (non-hydrogen) atoms. The Morgan fingerprint density at radius 3 is 2.76 bits per heavy atom. The van der Waals surface area contributed by atoms with Gasteiger partial charge >= 0.3 is 5.97 Å². The predicted molar refractivity (Wildman–Crippen MR) is 55.4 cm³/mol. The molecule has 0 fully saturated rings. The first-order valence-electron chi connectivity index (χ1n) is 4.72. The van der Waals surface area contributed by atoms with Gasteiger partial charge in [-0.05, 0) is 13.0 Å². The minimum absolute atomic E-state index is 0.204. The lowest BCUT2D eigenvalue weighted by molar-refractivity contribution is -0.385. The summed E-state index contributed by atoms with van der Waals surface area (Å²) in [6.07, 6.45) is -1.00. The molecule has 0 radical (unpaired) electrons. The smallest absolute Gasteiger partial charge is 0.307 e. The molecule has 0 aliphatic rings. The second-order valence-electron chi connectivity index (χ2n) is 3.40. The van der Waals surface area contributed by atoms with Gasteiger partial charge in [0, 0.05) is 6.07 Å². The molecule has 1 aromatic rings. The van der Waals surface area contributed by atoms with Gasteiger partial charge in [-0.3, -0.25) is 14.9 Å². The Bertz CT molecular complexity index is 448. The minimum Gasteiger partial charge on any atom is -0.487 e. The van der Waals surface area contributed by atoms with Crippen LogP contribution in [-0.2, 0) is 4.79 Å². The highest BCUT2D eigenvalue weighted by Gasteiger charge is 2.15. The summed E-state index contributed by atoms with van der Waals surface area (Å²) >= 11 is 0. The number of aliphatic carboxylic acids is 1. The summed E-state index contributed by atoms with van der Waals surface area (Å²) in [7, 11) is 0. The molecular formula is C10H10FNO5. The van der Waals surface area contributed by atoms with Gasteiger partial charge in [0.1, 0.15) is 6.10 Å². The fourth-order valence-corrected chi connectivity index (χ4v) is 1.20. The molecule has 0 unspecified atom stereocenters. The van der Waals surface area contributed by atoms with Crippen LogP contribution in [0.4, 0.5) is 10.1 Å². The lowest BCUT2D eigenvalue weighted by atomic mass is 10.2. The largest absolute Gasteiger partial charge is 0.487 e. The molecule has 1 rings (SSSR count). The minimum atomic E-state index is -1.07. The summed E-state index contributed by atoms with van der Waals surface area (Å²) in [5, 5.41) is 18.8. The van der Waals surface area contributed by atoms with Crippen molar-refractivity contribution in [3.05, 3.63) is 34.1 Å². The molecule has 1 aromatic carbocycles. The van der Waals surface area contributed by atoms with E-state index in [9.17, 15) is 19.3 Å². The van der Waals surface area contributed by atoms with Gasteiger partial charge in [0.25, 0.3) is 5.69 Å². The lowest BCUT2D eigenvalue weighted by Crippen LogP contribution is -2.17. The maximum absolute atomic E-state index is 13.3. The molecule has 0 spiro atoms. The molecule has 0 heterocycles. The van der Waals surface area contributed by atoms with E-state index in [-0.39, 0.29) is 17.9 Å². The molecule has 0 saturated carbocycles. The fraction of sp³-hybridized carbons (Fsp3) is 0.300. The Hall–Kier alpha value is -2.18. The first kappa shape index (κ1) is 12.9. The Kier molecular flexibility index (Phi) is 3.97. The zero-order valence-corrected chi connectivity index (χ0v) is 8.92. The van der Waals surface area contributed by atoms with E-state index < -0.39 is 22.8 Å². The number of carboxylic acids is 1. The standard InChI is InChI=1S/C10H10FNO5/c1-6(4-10(13)14)17-9-3-2-7(12(15)16)5-8(9)11/h2-3,5-6H,4H2,1H3,(H,13,14)/t6-/m0/s1. The predicted octanol–water partition coefficient (Wildman–Crippen LogP) is 1.98. The van der Waals surface area contributed by atoms with Gasteiger partial charge < -0.3 is 9.84 Å². The van der Waals surface area contributed by atoms with Crippen molar-refractivity contribution in [3.63, 3.8) is 0 Å². The molecule has 1 atom stereocenters. The number of hydrogen-bond donors (Lipinski definition) is 1. The normalized spacial score (nSPS) is 11.9. The number of benzene rings is 1. The zero-order chi connectivity index (χ0) is 13.0. The van der Waals surface area contributed by atoms with Crippen molar-refractivity contribution in [1.82, 2.24) is 0 Å². The van der Waals surface area contributed by atoms with Crippen molar-refractivity contribution in [2.75, 3.05) is 0 Å². The molecule has 0 amide bonds. The molecule has 7 heteroatoms. The van der Waals surface area contributed by atoms with Crippen molar-refractivity contribution in [3.8, 4) is 5.75 Å². The summed E-state index contributed by atoms with van der Waals surface area (Å²) < 4.78 is 18.3. The topological polar surface area (TPSA) is 89.7 Å². The van der Waals surface area contributed by atoms with Gasteiger partial charge in [-0.15, -0.1) is 0 Å². The van der Waals surface area contributed by atoms with Crippen LogP contribution in [0.5, 0.6) is 5.75 Å². The van der Waals surface area contributed by atoms with E-state index in [2.05, 4.69) is 0 Å². The Labute approximate surface area is 95.8 Å². The highest BCUT2D eigenvalue weighted by Crippen LogP contribution is 2.23. The number of carboxylic acid groups (broad SMARTS) is 1. The lowest BCUT2D eigenvalue weighted by Gasteiger charge is -2.12. The van der Waals surface area contributed by atoms with Crippen LogP contribution in [0.1, 0.15) is 13.3 Å². The average molecular weight is 243 g/mol. The van der Waals surface area contributed by atoms with Crippen molar-refractivity contribution >= 4 is 11.7 Å². The van der Waals surface area contributed by atoms with Crippen LogP contribution < -0.4 is 4.74 Å². The quantitative estimate of drug-likeness (QED) is 0.630. The van der Waals surface area contributed by atoms with E-state index in [0.717, 1.165) is 18.2 Å². The summed E-state index contributed by atoms with van der Waals surface area (Å²) in [4.78, 5) is 20.0. The maximum Gasteiger partial charge on any atom is 0.307 e. The SMILES string of the molecule is C[C@@H](CC(=O)O)Oc1ccc([N+](=O)[O-])cc1F. The highest BCUT2D eigenvalue weighted by molar-refractivity contribution is 5.67. The molecule has 0 aliphatic carbocycles. The monoisotopic (exact) mass is 243 g/mol. The van der Waals surface area contributed by atoms with Gasteiger partial charge in [-0.1, -0.05) is 0 Å². The number of non-ortho nitro benzene ring substituents is 1. The molecule has 0 aliphatic heterocycles. The van der Waals surface area contributed by atoms with E-state index in [0.29, 0.717) is 0 Å². The third-order valence-corrected chi connectivity index (χ3v) is 1.92. The Morgan fingerprint density at radius 2 is 2.29 bits per heavy atom. The number of nitro groups is 1. The molecule has 0 saturated heterocycles. The van der Waals surface area contributed by atoms with Crippen LogP contribution in [0.3, 0.4) is 0 Å². The summed E-state index contributed by atoms with van der Waals surface area (Å²) in [5.41, 5.74) is -0.388. The zero-order valence-electron chi connectivity index (χ0n) is 8.92.